The maximum Gasteiger partial charge on any atom is 0.312 e. The molecule has 0 aromatic carbocycles. The third-order valence-electron chi connectivity index (χ3n) is 2.61. The number of ether oxygens (including phenoxy) is 1. The largest absolute Gasteiger partial charge is 0.469 e. The fourth-order valence-electron chi connectivity index (χ4n) is 1.60. The Morgan fingerprint density at radius 2 is 2.36 bits per heavy atom. The van der Waals surface area contributed by atoms with Crippen molar-refractivity contribution in [3.8, 4) is 0 Å². The van der Waals surface area contributed by atoms with Crippen LogP contribution in [0, 0.1) is 5.41 Å². The molecule has 1 saturated carbocycles. The number of thiophene rings is 1. The lowest BCUT2D eigenvalue weighted by atomic mass is 10.0. The molecule has 1 heterocycles. The number of carbonyl (C=O) groups is 1. The summed E-state index contributed by atoms with van der Waals surface area (Å²) >= 11 is 5.11. The lowest BCUT2D eigenvalue weighted by molar-refractivity contribution is -0.147. The highest BCUT2D eigenvalue weighted by Crippen LogP contribution is 2.50. The second-order valence-electron chi connectivity index (χ2n) is 3.65. The SMILES string of the molecule is COC(=O)C1(Cc2ccc(Br)s2)CC1. The van der Waals surface area contributed by atoms with Crippen LogP contribution in [0.15, 0.2) is 15.9 Å². The molecule has 0 unspecified atom stereocenters. The maximum absolute atomic E-state index is 11.5. The van der Waals surface area contributed by atoms with Crippen molar-refractivity contribution in [3.05, 3.63) is 20.8 Å². The molecule has 0 radical (unpaired) electrons. The van der Waals surface area contributed by atoms with Crippen molar-refractivity contribution in [2.24, 2.45) is 5.41 Å². The van der Waals surface area contributed by atoms with Crippen molar-refractivity contribution in [1.82, 2.24) is 0 Å². The van der Waals surface area contributed by atoms with Gasteiger partial charge in [-0.05, 0) is 47.3 Å². The van der Waals surface area contributed by atoms with E-state index in [1.807, 2.05) is 6.07 Å². The van der Waals surface area contributed by atoms with Crippen LogP contribution in [0.5, 0.6) is 0 Å². The van der Waals surface area contributed by atoms with E-state index in [1.54, 1.807) is 11.3 Å². The molecule has 14 heavy (non-hydrogen) atoms. The van der Waals surface area contributed by atoms with Crippen molar-refractivity contribution in [2.75, 3.05) is 7.11 Å². The van der Waals surface area contributed by atoms with E-state index < -0.39 is 0 Å². The van der Waals surface area contributed by atoms with Crippen LogP contribution >= 0.6 is 27.3 Å². The average molecular weight is 275 g/mol. The highest BCUT2D eigenvalue weighted by molar-refractivity contribution is 9.11. The number of esters is 1. The molecule has 1 aliphatic carbocycles. The van der Waals surface area contributed by atoms with Gasteiger partial charge in [-0.25, -0.2) is 0 Å². The molecule has 0 N–H and O–H groups in total. The molecule has 1 aliphatic rings. The summed E-state index contributed by atoms with van der Waals surface area (Å²) in [5.74, 6) is -0.0537. The standard InChI is InChI=1S/C10H11BrO2S/c1-13-9(12)10(4-5-10)6-7-2-3-8(11)14-7/h2-3H,4-6H2,1H3. The van der Waals surface area contributed by atoms with Gasteiger partial charge in [-0.3, -0.25) is 4.79 Å². The summed E-state index contributed by atoms with van der Waals surface area (Å²) in [5.41, 5.74) is -0.195. The number of hydrogen-bond donors (Lipinski definition) is 0. The molecule has 0 bridgehead atoms. The van der Waals surface area contributed by atoms with Gasteiger partial charge in [-0.2, -0.15) is 0 Å². The van der Waals surface area contributed by atoms with Crippen LogP contribution in [0.2, 0.25) is 0 Å². The molecule has 76 valence electrons. The predicted molar refractivity (Wildman–Crippen MR) is 59.4 cm³/mol. The van der Waals surface area contributed by atoms with Gasteiger partial charge in [0.25, 0.3) is 0 Å². The van der Waals surface area contributed by atoms with Gasteiger partial charge in [-0.15, -0.1) is 11.3 Å². The highest BCUT2D eigenvalue weighted by Gasteiger charge is 2.51. The summed E-state index contributed by atoms with van der Waals surface area (Å²) in [6.07, 6.45) is 2.76. The Hall–Kier alpha value is -0.350. The van der Waals surface area contributed by atoms with Gasteiger partial charge in [-0.1, -0.05) is 0 Å². The summed E-state index contributed by atoms with van der Waals surface area (Å²) in [6.45, 7) is 0. The zero-order valence-corrected chi connectivity index (χ0v) is 10.3. The van der Waals surface area contributed by atoms with E-state index in [-0.39, 0.29) is 11.4 Å². The molecule has 2 rings (SSSR count). The van der Waals surface area contributed by atoms with Crippen LogP contribution in [-0.2, 0) is 16.0 Å². The van der Waals surface area contributed by atoms with Crippen LogP contribution in [0.3, 0.4) is 0 Å². The summed E-state index contributed by atoms with van der Waals surface area (Å²) in [4.78, 5) is 12.7. The maximum atomic E-state index is 11.5. The Labute approximate surface area is 95.4 Å². The average Bonchev–Trinajstić information content (AvgIpc) is 2.84. The van der Waals surface area contributed by atoms with Gasteiger partial charge < -0.3 is 4.74 Å². The van der Waals surface area contributed by atoms with E-state index in [0.29, 0.717) is 0 Å². The quantitative estimate of drug-likeness (QED) is 0.793. The molecule has 1 fully saturated rings. The first-order chi connectivity index (χ1) is 6.66. The fraction of sp³-hybridized carbons (Fsp3) is 0.500. The van der Waals surface area contributed by atoms with E-state index in [0.717, 1.165) is 23.0 Å². The number of carbonyl (C=O) groups excluding carboxylic acids is 1. The molecule has 0 spiro atoms. The minimum atomic E-state index is -0.195. The van der Waals surface area contributed by atoms with Gasteiger partial charge in [0.2, 0.25) is 0 Å². The topological polar surface area (TPSA) is 26.3 Å². The second kappa shape index (κ2) is 3.66. The van der Waals surface area contributed by atoms with Crippen molar-refractivity contribution in [1.29, 1.82) is 0 Å². The smallest absolute Gasteiger partial charge is 0.312 e. The minimum Gasteiger partial charge on any atom is -0.469 e. The van der Waals surface area contributed by atoms with Crippen LogP contribution < -0.4 is 0 Å². The third kappa shape index (κ3) is 1.86. The van der Waals surface area contributed by atoms with Crippen LogP contribution in [0.4, 0.5) is 0 Å². The van der Waals surface area contributed by atoms with Gasteiger partial charge in [0.05, 0.1) is 16.3 Å². The Bertz CT molecular complexity index is 355. The number of hydrogen-bond acceptors (Lipinski definition) is 3. The molecule has 4 heteroatoms. The lowest BCUT2D eigenvalue weighted by Gasteiger charge is -2.10. The fourth-order valence-corrected chi connectivity index (χ4v) is 3.23. The molecule has 2 nitrogen and oxygen atoms in total. The zero-order chi connectivity index (χ0) is 10.2. The molecular formula is C10H11BrO2S. The van der Waals surface area contributed by atoms with Crippen molar-refractivity contribution < 1.29 is 9.53 Å². The minimum absolute atomic E-state index is 0.0537. The van der Waals surface area contributed by atoms with E-state index in [2.05, 4.69) is 22.0 Å². The van der Waals surface area contributed by atoms with E-state index in [9.17, 15) is 4.79 Å². The van der Waals surface area contributed by atoms with Gasteiger partial charge >= 0.3 is 5.97 Å². The van der Waals surface area contributed by atoms with Crippen LogP contribution in [0.25, 0.3) is 0 Å². The van der Waals surface area contributed by atoms with E-state index in [4.69, 9.17) is 4.74 Å². The summed E-state index contributed by atoms with van der Waals surface area (Å²) < 4.78 is 5.93. The van der Waals surface area contributed by atoms with E-state index >= 15 is 0 Å². The Kier molecular flexibility index (Phi) is 2.66. The Morgan fingerprint density at radius 1 is 1.64 bits per heavy atom. The zero-order valence-electron chi connectivity index (χ0n) is 7.88. The highest BCUT2D eigenvalue weighted by atomic mass is 79.9. The van der Waals surface area contributed by atoms with Crippen molar-refractivity contribution in [2.45, 2.75) is 19.3 Å². The first kappa shape index (κ1) is 10.2. The van der Waals surface area contributed by atoms with Crippen LogP contribution in [-0.4, -0.2) is 13.1 Å². The second-order valence-corrected chi connectivity index (χ2v) is 6.20. The number of halogens is 1. The normalized spacial score (nSPS) is 17.9. The molecule has 0 atom stereocenters. The summed E-state index contributed by atoms with van der Waals surface area (Å²) in [6, 6.07) is 4.09. The molecule has 1 aromatic rings. The molecule has 0 aliphatic heterocycles. The van der Waals surface area contributed by atoms with Gasteiger partial charge in [0.15, 0.2) is 0 Å². The Morgan fingerprint density at radius 3 is 2.79 bits per heavy atom. The molecular weight excluding hydrogens is 264 g/mol. The molecule has 0 amide bonds. The lowest BCUT2D eigenvalue weighted by Crippen LogP contribution is -2.19. The number of rotatable bonds is 3. The van der Waals surface area contributed by atoms with Crippen LogP contribution in [0.1, 0.15) is 17.7 Å². The third-order valence-corrected chi connectivity index (χ3v) is 4.24. The van der Waals surface area contributed by atoms with Crippen molar-refractivity contribution in [3.63, 3.8) is 0 Å². The molecule has 0 saturated heterocycles. The summed E-state index contributed by atoms with van der Waals surface area (Å²) in [7, 11) is 1.47. The van der Waals surface area contributed by atoms with Gasteiger partial charge in [0.1, 0.15) is 0 Å². The van der Waals surface area contributed by atoms with Crippen molar-refractivity contribution >= 4 is 33.2 Å². The van der Waals surface area contributed by atoms with Gasteiger partial charge in [0, 0.05) is 4.88 Å². The Balaban J connectivity index is 2.07. The predicted octanol–water partition coefficient (Wildman–Crippen LogP) is 3.01. The number of methoxy groups -OCH3 is 1. The first-order valence-corrected chi connectivity index (χ1v) is 6.10. The first-order valence-electron chi connectivity index (χ1n) is 4.49. The monoisotopic (exact) mass is 274 g/mol. The molecule has 1 aromatic heterocycles. The summed E-state index contributed by atoms with van der Waals surface area (Å²) in [5, 5.41) is 0. The van der Waals surface area contributed by atoms with E-state index in [1.165, 1.54) is 12.0 Å².